The predicted octanol–water partition coefficient (Wildman–Crippen LogP) is 1.70. The van der Waals surface area contributed by atoms with Gasteiger partial charge in [0.2, 0.25) is 0 Å². The van der Waals surface area contributed by atoms with Gasteiger partial charge in [-0.25, -0.2) is 9.59 Å². The van der Waals surface area contributed by atoms with Crippen molar-refractivity contribution >= 4 is 12.0 Å². The van der Waals surface area contributed by atoms with E-state index in [2.05, 4.69) is 11.9 Å². The summed E-state index contributed by atoms with van der Waals surface area (Å²) in [6.45, 7) is 11.9. The number of hydrogen-bond acceptors (Lipinski definition) is 2. The van der Waals surface area contributed by atoms with E-state index in [1.54, 1.807) is 13.8 Å². The van der Waals surface area contributed by atoms with Crippen molar-refractivity contribution in [1.82, 2.24) is 10.2 Å². The Kier molecular flexibility index (Phi) is 6.31. The van der Waals surface area contributed by atoms with E-state index >= 15 is 0 Å². The number of carboxylic acid groups (broad SMARTS) is 1. The number of aliphatic carboxylic acids is 1. The summed E-state index contributed by atoms with van der Waals surface area (Å²) in [5, 5.41) is 11.5. The third-order valence-electron chi connectivity index (χ3n) is 2.34. The topological polar surface area (TPSA) is 69.6 Å². The summed E-state index contributed by atoms with van der Waals surface area (Å²) in [5.41, 5.74) is 0.860. The number of carboxylic acids is 1. The average Bonchev–Trinajstić information content (AvgIpc) is 2.20. The zero-order valence-corrected chi connectivity index (χ0v) is 11.0. The molecular formula is C12H22N2O3. The Labute approximate surface area is 102 Å². The lowest BCUT2D eigenvalue weighted by Gasteiger charge is -2.25. The monoisotopic (exact) mass is 242 g/mol. The molecule has 0 bridgehead atoms. The molecule has 0 radical (unpaired) electrons. The lowest BCUT2D eigenvalue weighted by Crippen LogP contribution is -2.50. The van der Waals surface area contributed by atoms with Crippen LogP contribution in [0.1, 0.15) is 27.7 Å². The Morgan fingerprint density at radius 1 is 1.41 bits per heavy atom. The molecule has 2 amide bonds. The van der Waals surface area contributed by atoms with E-state index < -0.39 is 12.0 Å². The first-order valence-electron chi connectivity index (χ1n) is 5.72. The third-order valence-corrected chi connectivity index (χ3v) is 2.34. The van der Waals surface area contributed by atoms with Crippen molar-refractivity contribution in [2.45, 2.75) is 33.7 Å². The highest BCUT2D eigenvalue weighted by atomic mass is 16.4. The van der Waals surface area contributed by atoms with Gasteiger partial charge in [-0.2, -0.15) is 0 Å². The first kappa shape index (κ1) is 15.5. The van der Waals surface area contributed by atoms with Gasteiger partial charge < -0.3 is 15.3 Å². The van der Waals surface area contributed by atoms with E-state index in [0.29, 0.717) is 13.1 Å². The normalized spacial score (nSPS) is 12.1. The van der Waals surface area contributed by atoms with Crippen molar-refractivity contribution in [2.75, 3.05) is 13.1 Å². The molecular weight excluding hydrogens is 220 g/mol. The summed E-state index contributed by atoms with van der Waals surface area (Å²) < 4.78 is 0. The van der Waals surface area contributed by atoms with Gasteiger partial charge in [-0.05, 0) is 19.8 Å². The number of likely N-dealkylation sites (N-methyl/N-ethyl adjacent to an activating group) is 1. The molecule has 0 aliphatic heterocycles. The van der Waals surface area contributed by atoms with Crippen molar-refractivity contribution in [3.8, 4) is 0 Å². The minimum Gasteiger partial charge on any atom is -0.480 e. The molecule has 0 saturated heterocycles. The van der Waals surface area contributed by atoms with Crippen LogP contribution < -0.4 is 5.32 Å². The van der Waals surface area contributed by atoms with Gasteiger partial charge >= 0.3 is 12.0 Å². The summed E-state index contributed by atoms with van der Waals surface area (Å²) >= 11 is 0. The molecule has 0 fully saturated rings. The fourth-order valence-corrected chi connectivity index (χ4v) is 1.39. The molecule has 5 heteroatoms. The van der Waals surface area contributed by atoms with Gasteiger partial charge in [0.1, 0.15) is 6.04 Å². The van der Waals surface area contributed by atoms with Crippen LogP contribution in [-0.4, -0.2) is 41.1 Å². The van der Waals surface area contributed by atoms with E-state index in [0.717, 1.165) is 5.57 Å². The van der Waals surface area contributed by atoms with Gasteiger partial charge in [0.15, 0.2) is 0 Å². The lowest BCUT2D eigenvalue weighted by atomic mass is 10.1. The van der Waals surface area contributed by atoms with Gasteiger partial charge in [0, 0.05) is 13.1 Å². The quantitative estimate of drug-likeness (QED) is 0.696. The van der Waals surface area contributed by atoms with Gasteiger partial charge in [-0.1, -0.05) is 26.0 Å². The fourth-order valence-electron chi connectivity index (χ4n) is 1.39. The highest BCUT2D eigenvalue weighted by Crippen LogP contribution is 2.04. The van der Waals surface area contributed by atoms with Crippen molar-refractivity contribution in [3.63, 3.8) is 0 Å². The molecule has 0 aromatic carbocycles. The number of nitrogens with zero attached hydrogens (tertiary/aromatic N) is 1. The Balaban J connectivity index is 4.57. The van der Waals surface area contributed by atoms with Gasteiger partial charge in [0.05, 0.1) is 0 Å². The van der Waals surface area contributed by atoms with Crippen LogP contribution in [0, 0.1) is 5.92 Å². The highest BCUT2D eigenvalue weighted by Gasteiger charge is 2.25. The Hall–Kier alpha value is -1.52. The Morgan fingerprint density at radius 3 is 2.24 bits per heavy atom. The van der Waals surface area contributed by atoms with Crippen molar-refractivity contribution in [1.29, 1.82) is 0 Å². The second-order valence-electron chi connectivity index (χ2n) is 4.48. The average molecular weight is 242 g/mol. The fraction of sp³-hybridized carbons (Fsp3) is 0.667. The number of carbonyl (C=O) groups is 2. The zero-order valence-electron chi connectivity index (χ0n) is 11.0. The maximum absolute atomic E-state index is 11.8. The van der Waals surface area contributed by atoms with Crippen LogP contribution in [0.5, 0.6) is 0 Å². The summed E-state index contributed by atoms with van der Waals surface area (Å²) in [7, 11) is 0. The molecule has 17 heavy (non-hydrogen) atoms. The molecule has 0 unspecified atom stereocenters. The number of urea groups is 1. The molecule has 2 N–H and O–H groups in total. The van der Waals surface area contributed by atoms with E-state index in [4.69, 9.17) is 5.11 Å². The van der Waals surface area contributed by atoms with E-state index in [1.165, 1.54) is 4.90 Å². The maximum Gasteiger partial charge on any atom is 0.326 e. The number of nitrogens with one attached hydrogen (secondary N) is 1. The highest BCUT2D eigenvalue weighted by molar-refractivity contribution is 5.82. The first-order chi connectivity index (χ1) is 7.79. The van der Waals surface area contributed by atoms with Crippen LogP contribution in [0.15, 0.2) is 12.2 Å². The molecule has 0 rings (SSSR count). The second-order valence-corrected chi connectivity index (χ2v) is 4.48. The standard InChI is InChI=1S/C12H22N2O3/c1-6-14(7-8(2)3)12(17)13-10(9(4)5)11(15)16/h9-10H,2,6-7H2,1,3-5H3,(H,13,17)(H,15,16)/t10-/m0/s1. The van der Waals surface area contributed by atoms with Crippen LogP contribution in [0.4, 0.5) is 4.79 Å². The zero-order chi connectivity index (χ0) is 13.6. The van der Waals surface area contributed by atoms with Crippen molar-refractivity contribution in [2.24, 2.45) is 5.92 Å². The number of amides is 2. The molecule has 0 aliphatic carbocycles. The molecule has 0 aliphatic rings. The first-order valence-corrected chi connectivity index (χ1v) is 5.72. The second kappa shape index (κ2) is 6.93. The molecule has 0 aromatic rings. The Bertz CT molecular complexity index is 300. The van der Waals surface area contributed by atoms with E-state index in [9.17, 15) is 9.59 Å². The number of hydrogen-bond donors (Lipinski definition) is 2. The summed E-state index contributed by atoms with van der Waals surface area (Å²) in [5.74, 6) is -1.17. The van der Waals surface area contributed by atoms with Crippen LogP contribution in [0.25, 0.3) is 0 Å². The van der Waals surface area contributed by atoms with Crippen molar-refractivity contribution in [3.05, 3.63) is 12.2 Å². The van der Waals surface area contributed by atoms with E-state index in [1.807, 2.05) is 13.8 Å². The summed E-state index contributed by atoms with van der Waals surface area (Å²) in [6, 6.07) is -1.22. The SMILES string of the molecule is C=C(C)CN(CC)C(=O)N[C@H](C(=O)O)C(C)C. The van der Waals surface area contributed by atoms with Crippen LogP contribution in [0.2, 0.25) is 0 Å². The lowest BCUT2D eigenvalue weighted by molar-refractivity contribution is -0.140. The van der Waals surface area contributed by atoms with Crippen LogP contribution >= 0.6 is 0 Å². The number of rotatable bonds is 6. The smallest absolute Gasteiger partial charge is 0.326 e. The number of carbonyl (C=O) groups excluding carboxylic acids is 1. The predicted molar refractivity (Wildman–Crippen MR) is 66.9 cm³/mol. The van der Waals surface area contributed by atoms with E-state index in [-0.39, 0.29) is 11.9 Å². The Morgan fingerprint density at radius 2 is 1.94 bits per heavy atom. The molecule has 98 valence electrons. The molecule has 0 heterocycles. The summed E-state index contributed by atoms with van der Waals surface area (Å²) in [6.07, 6.45) is 0. The van der Waals surface area contributed by atoms with Gasteiger partial charge in [-0.3, -0.25) is 0 Å². The minimum atomic E-state index is -1.01. The van der Waals surface area contributed by atoms with Gasteiger partial charge in [-0.15, -0.1) is 0 Å². The molecule has 0 aromatic heterocycles. The summed E-state index contributed by atoms with van der Waals surface area (Å²) in [4.78, 5) is 24.3. The largest absolute Gasteiger partial charge is 0.480 e. The third kappa shape index (κ3) is 5.38. The molecule has 0 spiro atoms. The van der Waals surface area contributed by atoms with Gasteiger partial charge in [0.25, 0.3) is 0 Å². The molecule has 1 atom stereocenters. The molecule has 0 saturated carbocycles. The van der Waals surface area contributed by atoms with Crippen LogP contribution in [-0.2, 0) is 4.79 Å². The van der Waals surface area contributed by atoms with Crippen LogP contribution in [0.3, 0.4) is 0 Å². The maximum atomic E-state index is 11.8. The van der Waals surface area contributed by atoms with Crippen molar-refractivity contribution < 1.29 is 14.7 Å². The minimum absolute atomic E-state index is 0.153. The molecule has 5 nitrogen and oxygen atoms in total.